The van der Waals surface area contributed by atoms with Gasteiger partial charge in [-0.1, -0.05) is 60.7 Å². The highest BCUT2D eigenvalue weighted by Gasteiger charge is 2.35. The number of hydrogen-bond donors (Lipinski definition) is 0. The maximum absolute atomic E-state index is 12.5. The minimum atomic E-state index is -0.494. The topological polar surface area (TPSA) is 63.7 Å². The zero-order valence-electron chi connectivity index (χ0n) is 16.4. The molecule has 5 nitrogen and oxygen atoms in total. The average molecular weight is 399 g/mol. The molecule has 150 valence electrons. The number of rotatable bonds is 6. The molecule has 1 heterocycles. The number of amides is 1. The Balaban J connectivity index is 1.36. The van der Waals surface area contributed by atoms with E-state index in [4.69, 9.17) is 4.74 Å². The van der Waals surface area contributed by atoms with E-state index in [0.717, 1.165) is 5.56 Å². The van der Waals surface area contributed by atoms with E-state index in [2.05, 4.69) is 0 Å². The molecule has 30 heavy (non-hydrogen) atoms. The first-order chi connectivity index (χ1) is 14.6. The van der Waals surface area contributed by atoms with E-state index >= 15 is 0 Å². The molecule has 0 bridgehead atoms. The van der Waals surface area contributed by atoms with Crippen LogP contribution in [0, 0.1) is 5.92 Å². The van der Waals surface area contributed by atoms with E-state index in [1.165, 1.54) is 0 Å². The monoisotopic (exact) mass is 399 g/mol. The molecule has 0 saturated carbocycles. The van der Waals surface area contributed by atoms with E-state index in [-0.39, 0.29) is 18.1 Å². The molecule has 1 aliphatic heterocycles. The lowest BCUT2D eigenvalue weighted by atomic mass is 10.0. The maximum atomic E-state index is 12.5. The molecular formula is C25H21NO4. The van der Waals surface area contributed by atoms with Crippen molar-refractivity contribution in [1.29, 1.82) is 0 Å². The van der Waals surface area contributed by atoms with Gasteiger partial charge in [0.05, 0.1) is 5.92 Å². The van der Waals surface area contributed by atoms with Crippen molar-refractivity contribution in [2.75, 3.05) is 6.54 Å². The number of likely N-dealkylation sites (tertiary alicyclic amines) is 1. The molecule has 1 amide bonds. The summed E-state index contributed by atoms with van der Waals surface area (Å²) in [5.41, 5.74) is 2.15. The Kier molecular flexibility index (Phi) is 5.70. The largest absolute Gasteiger partial charge is 0.426 e. The van der Waals surface area contributed by atoms with Crippen molar-refractivity contribution >= 4 is 17.7 Å². The van der Waals surface area contributed by atoms with Crippen LogP contribution in [0.25, 0.3) is 0 Å². The molecule has 3 aromatic carbocycles. The van der Waals surface area contributed by atoms with Gasteiger partial charge in [-0.05, 0) is 29.8 Å². The molecule has 0 N–H and O–H groups in total. The molecule has 1 aliphatic rings. The van der Waals surface area contributed by atoms with Crippen LogP contribution < -0.4 is 4.74 Å². The van der Waals surface area contributed by atoms with Gasteiger partial charge in [-0.15, -0.1) is 0 Å². The Morgan fingerprint density at radius 3 is 2.10 bits per heavy atom. The van der Waals surface area contributed by atoms with Crippen molar-refractivity contribution < 1.29 is 19.1 Å². The van der Waals surface area contributed by atoms with E-state index in [9.17, 15) is 14.4 Å². The lowest BCUT2D eigenvalue weighted by Gasteiger charge is -2.16. The molecule has 5 heteroatoms. The first-order valence-corrected chi connectivity index (χ1v) is 9.83. The molecule has 1 atom stereocenters. The highest BCUT2D eigenvalue weighted by molar-refractivity contribution is 6.09. The third-order valence-corrected chi connectivity index (χ3v) is 5.14. The van der Waals surface area contributed by atoms with Gasteiger partial charge in [-0.3, -0.25) is 14.4 Å². The third-order valence-electron chi connectivity index (χ3n) is 5.14. The summed E-state index contributed by atoms with van der Waals surface area (Å²) in [5.74, 6) is -0.706. The Morgan fingerprint density at radius 1 is 0.833 bits per heavy atom. The van der Waals surface area contributed by atoms with Crippen LogP contribution in [0.4, 0.5) is 0 Å². The van der Waals surface area contributed by atoms with Crippen LogP contribution in [0.5, 0.6) is 5.75 Å². The summed E-state index contributed by atoms with van der Waals surface area (Å²) in [5, 5.41) is 0. The summed E-state index contributed by atoms with van der Waals surface area (Å²) in [4.78, 5) is 39.0. The van der Waals surface area contributed by atoms with Crippen LogP contribution >= 0.6 is 0 Å². The van der Waals surface area contributed by atoms with Crippen LogP contribution in [0.3, 0.4) is 0 Å². The SMILES string of the molecule is O=C(c1ccccc1)c1ccc(OC(=O)[C@@H]2CC(=O)N(Cc3ccccc3)C2)cc1. The van der Waals surface area contributed by atoms with Crippen LogP contribution in [-0.4, -0.2) is 29.1 Å². The normalized spacial score (nSPS) is 15.8. The van der Waals surface area contributed by atoms with Gasteiger partial charge in [0.2, 0.25) is 5.91 Å². The van der Waals surface area contributed by atoms with Crippen molar-refractivity contribution in [3.05, 3.63) is 102 Å². The molecule has 0 aromatic heterocycles. The number of carbonyl (C=O) groups excluding carboxylic acids is 3. The molecule has 1 saturated heterocycles. The van der Waals surface area contributed by atoms with Gasteiger partial charge >= 0.3 is 5.97 Å². The molecule has 4 rings (SSSR count). The van der Waals surface area contributed by atoms with Crippen molar-refractivity contribution in [3.8, 4) is 5.75 Å². The van der Waals surface area contributed by atoms with Crippen molar-refractivity contribution in [2.24, 2.45) is 5.92 Å². The van der Waals surface area contributed by atoms with Crippen LogP contribution in [0.2, 0.25) is 0 Å². The highest BCUT2D eigenvalue weighted by Crippen LogP contribution is 2.23. The quantitative estimate of drug-likeness (QED) is 0.359. The summed E-state index contributed by atoms with van der Waals surface area (Å²) < 4.78 is 5.46. The highest BCUT2D eigenvalue weighted by atomic mass is 16.5. The fourth-order valence-corrected chi connectivity index (χ4v) is 3.52. The number of ether oxygens (including phenoxy) is 1. The molecular weight excluding hydrogens is 378 g/mol. The van der Waals surface area contributed by atoms with E-state index in [1.54, 1.807) is 41.3 Å². The zero-order valence-corrected chi connectivity index (χ0v) is 16.4. The minimum Gasteiger partial charge on any atom is -0.426 e. The fraction of sp³-hybridized carbons (Fsp3) is 0.160. The second kappa shape index (κ2) is 8.74. The van der Waals surface area contributed by atoms with E-state index < -0.39 is 11.9 Å². The Labute approximate surface area is 174 Å². The summed E-state index contributed by atoms with van der Waals surface area (Å²) >= 11 is 0. The standard InChI is InChI=1S/C25H21NO4/c27-23-15-21(17-26(23)16-18-7-3-1-4-8-18)25(29)30-22-13-11-20(12-14-22)24(28)19-9-5-2-6-10-19/h1-14,21H,15-17H2/t21-/m1/s1. The summed E-state index contributed by atoms with van der Waals surface area (Å²) in [6, 6.07) is 25.2. The second-order valence-electron chi connectivity index (χ2n) is 7.30. The zero-order chi connectivity index (χ0) is 20.9. The van der Waals surface area contributed by atoms with Crippen molar-refractivity contribution in [2.45, 2.75) is 13.0 Å². The average Bonchev–Trinajstić information content (AvgIpc) is 3.15. The smallest absolute Gasteiger partial charge is 0.316 e. The van der Waals surface area contributed by atoms with Gasteiger partial charge in [-0.2, -0.15) is 0 Å². The molecule has 0 aliphatic carbocycles. The number of benzene rings is 3. The molecule has 1 fully saturated rings. The molecule has 0 radical (unpaired) electrons. The van der Waals surface area contributed by atoms with Gasteiger partial charge in [-0.25, -0.2) is 0 Å². The van der Waals surface area contributed by atoms with Gasteiger partial charge in [0.1, 0.15) is 5.75 Å². The molecule has 3 aromatic rings. The van der Waals surface area contributed by atoms with Gasteiger partial charge < -0.3 is 9.64 Å². The minimum absolute atomic E-state index is 0.0513. The third kappa shape index (κ3) is 4.46. The predicted octanol–water partition coefficient (Wildman–Crippen LogP) is 3.87. The van der Waals surface area contributed by atoms with E-state index in [0.29, 0.717) is 30.0 Å². The van der Waals surface area contributed by atoms with Gasteiger partial charge in [0.25, 0.3) is 0 Å². The van der Waals surface area contributed by atoms with Crippen LogP contribution in [0.15, 0.2) is 84.9 Å². The van der Waals surface area contributed by atoms with Crippen LogP contribution in [-0.2, 0) is 16.1 Å². The van der Waals surface area contributed by atoms with Crippen molar-refractivity contribution in [1.82, 2.24) is 4.90 Å². The maximum Gasteiger partial charge on any atom is 0.316 e. The first kappa shape index (κ1) is 19.6. The number of carbonyl (C=O) groups is 3. The Bertz CT molecular complexity index is 1050. The second-order valence-corrected chi connectivity index (χ2v) is 7.30. The summed E-state index contributed by atoms with van der Waals surface area (Å²) in [6.07, 6.45) is 0.149. The fourth-order valence-electron chi connectivity index (χ4n) is 3.52. The Hall–Kier alpha value is -3.73. The first-order valence-electron chi connectivity index (χ1n) is 9.83. The number of hydrogen-bond acceptors (Lipinski definition) is 4. The lowest BCUT2D eigenvalue weighted by molar-refractivity contribution is -0.139. The number of ketones is 1. The van der Waals surface area contributed by atoms with Gasteiger partial charge in [0, 0.05) is 30.6 Å². The van der Waals surface area contributed by atoms with E-state index in [1.807, 2.05) is 48.5 Å². The van der Waals surface area contributed by atoms with Crippen molar-refractivity contribution in [3.63, 3.8) is 0 Å². The van der Waals surface area contributed by atoms with Gasteiger partial charge in [0.15, 0.2) is 5.78 Å². The number of nitrogens with zero attached hydrogens (tertiary/aromatic N) is 1. The predicted molar refractivity (Wildman–Crippen MR) is 112 cm³/mol. The summed E-state index contributed by atoms with van der Waals surface area (Å²) in [7, 11) is 0. The van der Waals surface area contributed by atoms with Crippen LogP contribution in [0.1, 0.15) is 27.9 Å². The lowest BCUT2D eigenvalue weighted by Crippen LogP contribution is -2.27. The molecule has 0 unspecified atom stereocenters. The summed E-state index contributed by atoms with van der Waals surface area (Å²) in [6.45, 7) is 0.830. The number of esters is 1. The Morgan fingerprint density at radius 2 is 1.43 bits per heavy atom. The molecule has 0 spiro atoms.